The molecule has 1 saturated carbocycles. The van der Waals surface area contributed by atoms with Gasteiger partial charge in [-0.1, -0.05) is 36.9 Å². The van der Waals surface area contributed by atoms with Crippen LogP contribution in [0, 0.1) is 5.82 Å². The van der Waals surface area contributed by atoms with Crippen molar-refractivity contribution in [2.24, 2.45) is 0 Å². The summed E-state index contributed by atoms with van der Waals surface area (Å²) in [7, 11) is 0. The van der Waals surface area contributed by atoms with Gasteiger partial charge < -0.3 is 5.32 Å². The van der Waals surface area contributed by atoms with E-state index in [-0.39, 0.29) is 10.8 Å². The van der Waals surface area contributed by atoms with Crippen LogP contribution in [0.5, 0.6) is 0 Å². The molecule has 0 spiro atoms. The third-order valence-corrected chi connectivity index (χ3v) is 3.47. The highest BCUT2D eigenvalue weighted by molar-refractivity contribution is 6.30. The Kier molecular flexibility index (Phi) is 4.19. The molecule has 1 nitrogen and oxygen atoms in total. The molecule has 88 valence electrons. The molecule has 2 rings (SSSR count). The fraction of sp³-hybridized carbons (Fsp3) is 0.538. The van der Waals surface area contributed by atoms with E-state index in [1.807, 2.05) is 0 Å². The Labute approximate surface area is 101 Å². The van der Waals surface area contributed by atoms with Crippen LogP contribution in [0.3, 0.4) is 0 Å². The van der Waals surface area contributed by atoms with E-state index in [0.717, 1.165) is 12.1 Å². The minimum absolute atomic E-state index is 0.211. The summed E-state index contributed by atoms with van der Waals surface area (Å²) in [5.74, 6) is -0.344. The van der Waals surface area contributed by atoms with E-state index in [9.17, 15) is 4.39 Å². The van der Waals surface area contributed by atoms with Crippen LogP contribution < -0.4 is 5.32 Å². The average molecular weight is 242 g/mol. The van der Waals surface area contributed by atoms with Gasteiger partial charge in [0.2, 0.25) is 0 Å². The first kappa shape index (κ1) is 11.9. The predicted octanol–water partition coefficient (Wildman–Crippen LogP) is 3.90. The SMILES string of the molecule is Fc1ccc(CNC2CCCCC2)cc1Cl. The lowest BCUT2D eigenvalue weighted by Crippen LogP contribution is -2.30. The second-order valence-electron chi connectivity index (χ2n) is 4.46. The van der Waals surface area contributed by atoms with E-state index in [1.165, 1.54) is 38.2 Å². The Balaban J connectivity index is 1.86. The molecule has 0 bridgehead atoms. The lowest BCUT2D eigenvalue weighted by atomic mass is 9.95. The van der Waals surface area contributed by atoms with E-state index in [0.29, 0.717) is 6.04 Å². The van der Waals surface area contributed by atoms with Crippen molar-refractivity contribution in [2.45, 2.75) is 44.7 Å². The Morgan fingerprint density at radius 2 is 2.00 bits per heavy atom. The van der Waals surface area contributed by atoms with E-state index >= 15 is 0 Å². The molecule has 1 N–H and O–H groups in total. The fourth-order valence-electron chi connectivity index (χ4n) is 2.22. The Morgan fingerprint density at radius 1 is 1.25 bits per heavy atom. The molecule has 0 unspecified atom stereocenters. The normalized spacial score (nSPS) is 17.6. The van der Waals surface area contributed by atoms with E-state index < -0.39 is 0 Å². The molecule has 16 heavy (non-hydrogen) atoms. The van der Waals surface area contributed by atoms with Crippen molar-refractivity contribution in [3.63, 3.8) is 0 Å². The maximum absolute atomic E-state index is 12.9. The van der Waals surface area contributed by atoms with Crippen molar-refractivity contribution in [3.8, 4) is 0 Å². The number of benzene rings is 1. The predicted molar refractivity (Wildman–Crippen MR) is 65.1 cm³/mol. The van der Waals surface area contributed by atoms with Gasteiger partial charge in [0.25, 0.3) is 0 Å². The van der Waals surface area contributed by atoms with Crippen molar-refractivity contribution in [3.05, 3.63) is 34.6 Å². The molecule has 0 saturated heterocycles. The zero-order chi connectivity index (χ0) is 11.4. The van der Waals surface area contributed by atoms with E-state index in [1.54, 1.807) is 12.1 Å². The minimum atomic E-state index is -0.344. The molecule has 0 aliphatic heterocycles. The highest BCUT2D eigenvalue weighted by Gasteiger charge is 2.12. The molecular weight excluding hydrogens is 225 g/mol. The van der Waals surface area contributed by atoms with Crippen molar-refractivity contribution < 1.29 is 4.39 Å². The van der Waals surface area contributed by atoms with Gasteiger partial charge in [0.1, 0.15) is 5.82 Å². The average Bonchev–Trinajstić information content (AvgIpc) is 2.32. The van der Waals surface area contributed by atoms with Crippen LogP contribution in [-0.4, -0.2) is 6.04 Å². The van der Waals surface area contributed by atoms with Gasteiger partial charge in [0.15, 0.2) is 0 Å². The lowest BCUT2D eigenvalue weighted by molar-refractivity contribution is 0.372. The highest BCUT2D eigenvalue weighted by atomic mass is 35.5. The zero-order valence-electron chi connectivity index (χ0n) is 9.31. The lowest BCUT2D eigenvalue weighted by Gasteiger charge is -2.22. The van der Waals surface area contributed by atoms with Crippen molar-refractivity contribution >= 4 is 11.6 Å². The van der Waals surface area contributed by atoms with Crippen LogP contribution in [0.25, 0.3) is 0 Å². The smallest absolute Gasteiger partial charge is 0.141 e. The molecule has 0 aromatic heterocycles. The summed E-state index contributed by atoms with van der Waals surface area (Å²) in [6, 6.07) is 5.54. The van der Waals surface area contributed by atoms with Crippen LogP contribution in [0.2, 0.25) is 5.02 Å². The summed E-state index contributed by atoms with van der Waals surface area (Å²) in [5.41, 5.74) is 1.05. The molecule has 0 heterocycles. The third kappa shape index (κ3) is 3.19. The number of rotatable bonds is 3. The summed E-state index contributed by atoms with van der Waals surface area (Å²) in [5, 5.41) is 3.71. The van der Waals surface area contributed by atoms with Gasteiger partial charge in [0.05, 0.1) is 5.02 Å². The summed E-state index contributed by atoms with van der Waals surface area (Å²) in [4.78, 5) is 0. The van der Waals surface area contributed by atoms with Gasteiger partial charge in [-0.2, -0.15) is 0 Å². The highest BCUT2D eigenvalue weighted by Crippen LogP contribution is 2.19. The quantitative estimate of drug-likeness (QED) is 0.846. The van der Waals surface area contributed by atoms with Gasteiger partial charge >= 0.3 is 0 Å². The molecule has 1 aromatic rings. The Hall–Kier alpha value is -0.600. The Morgan fingerprint density at radius 3 is 2.69 bits per heavy atom. The monoisotopic (exact) mass is 241 g/mol. The Bertz CT molecular complexity index is 348. The van der Waals surface area contributed by atoms with Crippen LogP contribution >= 0.6 is 11.6 Å². The van der Waals surface area contributed by atoms with Gasteiger partial charge in [-0.05, 0) is 30.5 Å². The molecule has 1 aliphatic carbocycles. The summed E-state index contributed by atoms with van der Waals surface area (Å²) >= 11 is 5.73. The number of hydrogen-bond acceptors (Lipinski definition) is 1. The molecule has 0 amide bonds. The van der Waals surface area contributed by atoms with Gasteiger partial charge in [-0.25, -0.2) is 4.39 Å². The molecule has 1 aliphatic rings. The summed E-state index contributed by atoms with van der Waals surface area (Å²) in [6.45, 7) is 0.782. The first-order valence-corrected chi connectivity index (χ1v) is 6.31. The number of nitrogens with one attached hydrogen (secondary N) is 1. The standard InChI is InChI=1S/C13H17ClFN/c14-12-8-10(6-7-13(12)15)9-16-11-4-2-1-3-5-11/h6-8,11,16H,1-5,9H2. The molecule has 0 radical (unpaired) electrons. The molecule has 1 aromatic carbocycles. The van der Waals surface area contributed by atoms with Crippen LogP contribution in [0.15, 0.2) is 18.2 Å². The topological polar surface area (TPSA) is 12.0 Å². The minimum Gasteiger partial charge on any atom is -0.310 e. The van der Waals surface area contributed by atoms with Crippen molar-refractivity contribution in [2.75, 3.05) is 0 Å². The van der Waals surface area contributed by atoms with Crippen molar-refractivity contribution in [1.29, 1.82) is 0 Å². The maximum Gasteiger partial charge on any atom is 0.141 e. The molecule has 3 heteroatoms. The molecular formula is C13H17ClFN. The van der Waals surface area contributed by atoms with E-state index in [4.69, 9.17) is 11.6 Å². The molecule has 0 atom stereocenters. The van der Waals surface area contributed by atoms with Crippen LogP contribution in [0.4, 0.5) is 4.39 Å². The fourth-order valence-corrected chi connectivity index (χ4v) is 2.42. The largest absolute Gasteiger partial charge is 0.310 e. The second-order valence-corrected chi connectivity index (χ2v) is 4.87. The van der Waals surface area contributed by atoms with E-state index in [2.05, 4.69) is 5.32 Å². The summed E-state index contributed by atoms with van der Waals surface area (Å²) in [6.07, 6.45) is 6.52. The van der Waals surface area contributed by atoms with Crippen LogP contribution in [-0.2, 0) is 6.54 Å². The van der Waals surface area contributed by atoms with Gasteiger partial charge in [-0.15, -0.1) is 0 Å². The van der Waals surface area contributed by atoms with Gasteiger partial charge in [0, 0.05) is 12.6 Å². The number of hydrogen-bond donors (Lipinski definition) is 1. The van der Waals surface area contributed by atoms with Crippen molar-refractivity contribution in [1.82, 2.24) is 5.32 Å². The van der Waals surface area contributed by atoms with Crippen LogP contribution in [0.1, 0.15) is 37.7 Å². The third-order valence-electron chi connectivity index (χ3n) is 3.18. The first-order valence-electron chi connectivity index (χ1n) is 5.93. The summed E-state index contributed by atoms with van der Waals surface area (Å²) < 4.78 is 12.9. The maximum atomic E-state index is 12.9. The second kappa shape index (κ2) is 5.65. The zero-order valence-corrected chi connectivity index (χ0v) is 10.1. The van der Waals surface area contributed by atoms with Gasteiger partial charge in [-0.3, -0.25) is 0 Å². The first-order chi connectivity index (χ1) is 7.75. The molecule has 1 fully saturated rings. The number of halogens is 2.